The summed E-state index contributed by atoms with van der Waals surface area (Å²) in [4.78, 5) is 38.3. The number of carbonyl (C=O) groups is 1. The van der Waals surface area contributed by atoms with Gasteiger partial charge in [-0.25, -0.2) is 9.78 Å². The molecule has 3 aromatic rings. The quantitative estimate of drug-likeness (QED) is 0.670. The molecule has 1 aliphatic heterocycles. The topological polar surface area (TPSA) is 102 Å². The summed E-state index contributed by atoms with van der Waals surface area (Å²) >= 11 is 6.35. The average molecular weight is 404 g/mol. The van der Waals surface area contributed by atoms with Crippen molar-refractivity contribution in [3.8, 4) is 5.88 Å². The third-order valence-corrected chi connectivity index (χ3v) is 4.98. The summed E-state index contributed by atoms with van der Waals surface area (Å²) in [5, 5.41) is 0.410. The molecule has 9 nitrogen and oxygen atoms in total. The van der Waals surface area contributed by atoms with Gasteiger partial charge in [0.2, 0.25) is 11.8 Å². The molecular weight excluding hydrogens is 386 g/mol. The van der Waals surface area contributed by atoms with Gasteiger partial charge in [-0.3, -0.25) is 4.79 Å². The summed E-state index contributed by atoms with van der Waals surface area (Å²) in [6.07, 6.45) is 0.724. The highest BCUT2D eigenvalue weighted by Crippen LogP contribution is 2.37. The SMILES string of the molecule is COC(=O)c1ccc(Cl)c2nc3n(c12)CCCN3c1c(OC)nc(C)[nH]c1=O. The molecule has 0 aliphatic carbocycles. The van der Waals surface area contributed by atoms with Crippen LogP contribution in [-0.4, -0.2) is 46.3 Å². The van der Waals surface area contributed by atoms with E-state index in [4.69, 9.17) is 21.1 Å². The highest BCUT2D eigenvalue weighted by Gasteiger charge is 2.30. The monoisotopic (exact) mass is 403 g/mol. The highest BCUT2D eigenvalue weighted by molar-refractivity contribution is 6.35. The Hall–Kier alpha value is -3.07. The highest BCUT2D eigenvalue weighted by atomic mass is 35.5. The number of benzene rings is 1. The molecule has 0 radical (unpaired) electrons. The average Bonchev–Trinajstić information content (AvgIpc) is 3.08. The minimum atomic E-state index is -0.478. The zero-order valence-corrected chi connectivity index (χ0v) is 16.3. The molecule has 28 heavy (non-hydrogen) atoms. The number of nitrogens with one attached hydrogen (secondary N) is 1. The first-order chi connectivity index (χ1) is 13.5. The maximum Gasteiger partial charge on any atom is 0.340 e. The number of aryl methyl sites for hydroxylation is 2. The first-order valence-electron chi connectivity index (χ1n) is 8.65. The van der Waals surface area contributed by atoms with E-state index < -0.39 is 5.97 Å². The standard InChI is InChI=1S/C18H18ClN5O4/c1-9-20-15(25)14(16(21-9)27-2)24-8-4-7-23-13-10(17(26)28-3)5-6-11(19)12(13)22-18(23)24/h5-6H,4,7-8H2,1-3H3,(H,20,21,25). The summed E-state index contributed by atoms with van der Waals surface area (Å²) in [6.45, 7) is 2.84. The summed E-state index contributed by atoms with van der Waals surface area (Å²) in [5.74, 6) is 0.677. The Balaban J connectivity index is 2.00. The first kappa shape index (κ1) is 18.3. The predicted octanol–water partition coefficient (Wildman–Crippen LogP) is 2.42. The van der Waals surface area contributed by atoms with Gasteiger partial charge in [0.25, 0.3) is 5.56 Å². The number of carbonyl (C=O) groups excluding carboxylic acids is 1. The Morgan fingerprint density at radius 2 is 2.04 bits per heavy atom. The fourth-order valence-corrected chi connectivity index (χ4v) is 3.72. The summed E-state index contributed by atoms with van der Waals surface area (Å²) in [5.41, 5.74) is 1.35. The van der Waals surface area contributed by atoms with Crippen LogP contribution in [0.25, 0.3) is 11.0 Å². The van der Waals surface area contributed by atoms with E-state index in [0.29, 0.717) is 46.5 Å². The van der Waals surface area contributed by atoms with E-state index in [1.165, 1.54) is 14.2 Å². The Morgan fingerprint density at radius 3 is 2.75 bits per heavy atom. The zero-order valence-electron chi connectivity index (χ0n) is 15.6. The second-order valence-corrected chi connectivity index (χ2v) is 6.77. The van der Waals surface area contributed by atoms with Gasteiger partial charge in [-0.1, -0.05) is 11.6 Å². The van der Waals surface area contributed by atoms with Crippen molar-refractivity contribution < 1.29 is 14.3 Å². The van der Waals surface area contributed by atoms with Crippen molar-refractivity contribution in [2.45, 2.75) is 19.9 Å². The molecule has 2 aromatic heterocycles. The number of aromatic nitrogens is 4. The van der Waals surface area contributed by atoms with Crippen molar-refractivity contribution in [2.75, 3.05) is 25.7 Å². The smallest absolute Gasteiger partial charge is 0.340 e. The number of methoxy groups -OCH3 is 2. The van der Waals surface area contributed by atoms with Crippen LogP contribution in [0.4, 0.5) is 11.6 Å². The molecule has 1 aliphatic rings. The number of aromatic amines is 1. The van der Waals surface area contributed by atoms with Crippen molar-refractivity contribution in [1.29, 1.82) is 0 Å². The molecule has 4 rings (SSSR count). The lowest BCUT2D eigenvalue weighted by atomic mass is 10.1. The van der Waals surface area contributed by atoms with Gasteiger partial charge in [0, 0.05) is 13.1 Å². The van der Waals surface area contributed by atoms with Crippen molar-refractivity contribution in [3.05, 3.63) is 38.9 Å². The van der Waals surface area contributed by atoms with Gasteiger partial charge in [0.1, 0.15) is 11.3 Å². The normalized spacial score (nSPS) is 13.5. The van der Waals surface area contributed by atoms with Crippen LogP contribution in [0.3, 0.4) is 0 Å². The van der Waals surface area contributed by atoms with Crippen LogP contribution in [0.2, 0.25) is 5.02 Å². The predicted molar refractivity (Wildman–Crippen MR) is 104 cm³/mol. The van der Waals surface area contributed by atoms with Gasteiger partial charge in [0.15, 0.2) is 5.69 Å². The van der Waals surface area contributed by atoms with Gasteiger partial charge < -0.3 is 23.9 Å². The number of H-pyrrole nitrogens is 1. The fourth-order valence-electron chi connectivity index (χ4n) is 3.52. The van der Waals surface area contributed by atoms with Crippen LogP contribution in [-0.2, 0) is 11.3 Å². The third-order valence-electron chi connectivity index (χ3n) is 4.68. The lowest BCUT2D eigenvalue weighted by Gasteiger charge is -2.29. The molecule has 0 saturated carbocycles. The maximum atomic E-state index is 12.7. The number of nitrogens with zero attached hydrogens (tertiary/aromatic N) is 4. The minimum absolute atomic E-state index is 0.209. The summed E-state index contributed by atoms with van der Waals surface area (Å²) < 4.78 is 12.1. The summed E-state index contributed by atoms with van der Waals surface area (Å²) in [6, 6.07) is 3.23. The summed E-state index contributed by atoms with van der Waals surface area (Å²) in [7, 11) is 2.79. The van der Waals surface area contributed by atoms with Gasteiger partial charge >= 0.3 is 5.97 Å². The molecule has 0 fully saturated rings. The zero-order chi connectivity index (χ0) is 20.0. The van der Waals surface area contributed by atoms with Gasteiger partial charge in [0.05, 0.1) is 30.3 Å². The number of esters is 1. The lowest BCUT2D eigenvalue weighted by Crippen LogP contribution is -2.33. The molecule has 10 heteroatoms. The van der Waals surface area contributed by atoms with Crippen molar-refractivity contribution in [1.82, 2.24) is 19.5 Å². The Labute approximate surface area is 164 Å². The second kappa shape index (κ2) is 6.83. The third kappa shape index (κ3) is 2.70. The molecule has 0 spiro atoms. The van der Waals surface area contributed by atoms with E-state index in [-0.39, 0.29) is 17.1 Å². The lowest BCUT2D eigenvalue weighted by molar-refractivity contribution is 0.0602. The van der Waals surface area contributed by atoms with Gasteiger partial charge in [-0.15, -0.1) is 0 Å². The first-order valence-corrected chi connectivity index (χ1v) is 9.03. The van der Waals surface area contributed by atoms with Crippen LogP contribution >= 0.6 is 11.6 Å². The minimum Gasteiger partial charge on any atom is -0.479 e. The molecule has 146 valence electrons. The van der Waals surface area contributed by atoms with E-state index in [9.17, 15) is 9.59 Å². The van der Waals surface area contributed by atoms with Crippen LogP contribution in [0.5, 0.6) is 5.88 Å². The molecule has 0 bridgehead atoms. The van der Waals surface area contributed by atoms with E-state index in [1.54, 1.807) is 24.0 Å². The second-order valence-electron chi connectivity index (χ2n) is 6.36. The van der Waals surface area contributed by atoms with Crippen molar-refractivity contribution >= 4 is 40.2 Å². The Bertz CT molecular complexity index is 1150. The number of ether oxygens (including phenoxy) is 2. The molecule has 0 saturated heterocycles. The molecule has 0 amide bonds. The van der Waals surface area contributed by atoms with E-state index in [2.05, 4.69) is 15.0 Å². The van der Waals surface area contributed by atoms with Crippen LogP contribution in [0.1, 0.15) is 22.6 Å². The number of anilines is 2. The number of imidazole rings is 1. The number of halogens is 1. The number of rotatable bonds is 3. The molecule has 1 aromatic carbocycles. The van der Waals surface area contributed by atoms with Gasteiger partial charge in [-0.05, 0) is 25.5 Å². The molecule has 1 N–H and O–H groups in total. The Morgan fingerprint density at radius 1 is 1.25 bits per heavy atom. The molecule has 0 unspecified atom stereocenters. The van der Waals surface area contributed by atoms with Crippen molar-refractivity contribution in [2.24, 2.45) is 0 Å². The van der Waals surface area contributed by atoms with Crippen LogP contribution in [0, 0.1) is 6.92 Å². The molecule has 0 atom stereocenters. The largest absolute Gasteiger partial charge is 0.479 e. The van der Waals surface area contributed by atoms with Crippen molar-refractivity contribution in [3.63, 3.8) is 0 Å². The van der Waals surface area contributed by atoms with E-state index in [0.717, 1.165) is 6.42 Å². The Kier molecular flexibility index (Phi) is 4.46. The number of fused-ring (bicyclic) bond motifs is 3. The maximum absolute atomic E-state index is 12.7. The van der Waals surface area contributed by atoms with Gasteiger partial charge in [-0.2, -0.15) is 4.98 Å². The van der Waals surface area contributed by atoms with E-state index >= 15 is 0 Å². The van der Waals surface area contributed by atoms with E-state index in [1.807, 2.05) is 4.57 Å². The van der Waals surface area contributed by atoms with Crippen LogP contribution < -0.4 is 15.2 Å². The number of hydrogen-bond acceptors (Lipinski definition) is 7. The molecule has 3 heterocycles. The fraction of sp³-hybridized carbons (Fsp3) is 0.333. The molecular formula is C18H18ClN5O4. The number of hydrogen-bond donors (Lipinski definition) is 1. The van der Waals surface area contributed by atoms with Crippen LogP contribution in [0.15, 0.2) is 16.9 Å².